The van der Waals surface area contributed by atoms with Crippen LogP contribution in [-0.4, -0.2) is 17.8 Å². The topological polar surface area (TPSA) is 32.3 Å². The Morgan fingerprint density at radius 1 is 1.00 bits per heavy atom. The summed E-state index contributed by atoms with van der Waals surface area (Å²) in [4.78, 5) is 1.20. The summed E-state index contributed by atoms with van der Waals surface area (Å²) in [5.74, 6) is 0. The van der Waals surface area contributed by atoms with Gasteiger partial charge in [0.2, 0.25) is 0 Å². The van der Waals surface area contributed by atoms with E-state index < -0.39 is 0 Å². The normalized spacial score (nSPS) is 22.7. The second kappa shape index (κ2) is 5.04. The summed E-state index contributed by atoms with van der Waals surface area (Å²) in [7, 11) is 0. The molecule has 0 spiro atoms. The molecular formula is C15H15NOS. The first-order chi connectivity index (χ1) is 8.84. The molecule has 0 bridgehead atoms. The van der Waals surface area contributed by atoms with Gasteiger partial charge in [-0.2, -0.15) is 0 Å². The minimum atomic E-state index is -0.384. The van der Waals surface area contributed by atoms with Crippen molar-refractivity contribution in [1.82, 2.24) is 0 Å². The summed E-state index contributed by atoms with van der Waals surface area (Å²) in [5.41, 5.74) is 2.29. The Balaban J connectivity index is 1.96. The number of nitrogens with one attached hydrogen (secondary N) is 1. The van der Waals surface area contributed by atoms with Crippen LogP contribution in [0, 0.1) is 0 Å². The predicted molar refractivity (Wildman–Crippen MR) is 76.0 cm³/mol. The van der Waals surface area contributed by atoms with Gasteiger partial charge in [0.25, 0.3) is 0 Å². The number of thioether (sulfide) groups is 1. The van der Waals surface area contributed by atoms with Gasteiger partial charge in [-0.05, 0) is 17.7 Å². The Kier molecular flexibility index (Phi) is 3.26. The van der Waals surface area contributed by atoms with Gasteiger partial charge in [-0.1, -0.05) is 42.5 Å². The zero-order valence-corrected chi connectivity index (χ0v) is 10.7. The van der Waals surface area contributed by atoms with Gasteiger partial charge in [0.1, 0.15) is 0 Å². The predicted octanol–water partition coefficient (Wildman–Crippen LogP) is 3.31. The average molecular weight is 257 g/mol. The van der Waals surface area contributed by atoms with Crippen molar-refractivity contribution in [3.8, 4) is 0 Å². The molecule has 0 fully saturated rings. The van der Waals surface area contributed by atoms with Crippen molar-refractivity contribution in [1.29, 1.82) is 0 Å². The highest BCUT2D eigenvalue weighted by Crippen LogP contribution is 2.43. The number of para-hydroxylation sites is 1. The number of hydrogen-bond acceptors (Lipinski definition) is 3. The molecular weight excluding hydrogens is 242 g/mol. The van der Waals surface area contributed by atoms with Gasteiger partial charge in [-0.3, -0.25) is 0 Å². The van der Waals surface area contributed by atoms with E-state index in [2.05, 4.69) is 29.6 Å². The monoisotopic (exact) mass is 257 g/mol. The SMILES string of the molecule is OC1CNc2ccccc2SC1c1ccccc1. The molecule has 0 aliphatic carbocycles. The summed E-state index contributed by atoms with van der Waals surface area (Å²) in [5, 5.41) is 13.7. The van der Waals surface area contributed by atoms with Gasteiger partial charge in [-0.15, -0.1) is 11.8 Å². The summed E-state index contributed by atoms with van der Waals surface area (Å²) in [6.45, 7) is 0.587. The van der Waals surface area contributed by atoms with Crippen LogP contribution >= 0.6 is 11.8 Å². The lowest BCUT2D eigenvalue weighted by atomic mass is 10.1. The molecule has 2 atom stereocenters. The van der Waals surface area contributed by atoms with E-state index in [9.17, 15) is 5.11 Å². The lowest BCUT2D eigenvalue weighted by Crippen LogP contribution is -2.23. The minimum Gasteiger partial charge on any atom is -0.390 e. The Morgan fingerprint density at radius 3 is 2.56 bits per heavy atom. The van der Waals surface area contributed by atoms with Crippen LogP contribution in [0.25, 0.3) is 0 Å². The first kappa shape index (κ1) is 11.6. The molecule has 2 nitrogen and oxygen atoms in total. The molecule has 2 aromatic carbocycles. The number of rotatable bonds is 1. The molecule has 0 saturated carbocycles. The second-order valence-electron chi connectivity index (χ2n) is 4.39. The third-order valence-corrected chi connectivity index (χ3v) is 4.57. The van der Waals surface area contributed by atoms with Gasteiger partial charge in [0.15, 0.2) is 0 Å². The molecule has 0 aromatic heterocycles. The number of benzene rings is 2. The Labute approximate surface area is 111 Å². The van der Waals surface area contributed by atoms with E-state index in [1.165, 1.54) is 10.5 Å². The van der Waals surface area contributed by atoms with Crippen molar-refractivity contribution in [2.45, 2.75) is 16.2 Å². The van der Waals surface area contributed by atoms with Gasteiger partial charge in [0, 0.05) is 17.1 Å². The van der Waals surface area contributed by atoms with Crippen LogP contribution in [0.15, 0.2) is 59.5 Å². The van der Waals surface area contributed by atoms with Gasteiger partial charge >= 0.3 is 0 Å². The van der Waals surface area contributed by atoms with Crippen molar-refractivity contribution < 1.29 is 5.11 Å². The summed E-state index contributed by atoms with van der Waals surface area (Å²) >= 11 is 1.73. The van der Waals surface area contributed by atoms with Crippen molar-refractivity contribution in [3.63, 3.8) is 0 Å². The molecule has 3 rings (SSSR count). The maximum atomic E-state index is 10.3. The number of hydrogen-bond donors (Lipinski definition) is 2. The molecule has 1 heterocycles. The van der Waals surface area contributed by atoms with Crippen molar-refractivity contribution in [2.75, 3.05) is 11.9 Å². The van der Waals surface area contributed by atoms with E-state index in [1.54, 1.807) is 11.8 Å². The molecule has 2 unspecified atom stereocenters. The lowest BCUT2D eigenvalue weighted by Gasteiger charge is -2.19. The van der Waals surface area contributed by atoms with Crippen LogP contribution in [0.4, 0.5) is 5.69 Å². The molecule has 1 aliphatic rings. The maximum Gasteiger partial charge on any atom is 0.0875 e. The van der Waals surface area contributed by atoms with Crippen LogP contribution in [-0.2, 0) is 0 Å². The van der Waals surface area contributed by atoms with Crippen LogP contribution in [0.1, 0.15) is 10.8 Å². The molecule has 18 heavy (non-hydrogen) atoms. The number of aliphatic hydroxyl groups excluding tert-OH is 1. The largest absolute Gasteiger partial charge is 0.390 e. The van der Waals surface area contributed by atoms with E-state index >= 15 is 0 Å². The molecule has 2 aromatic rings. The average Bonchev–Trinajstić information content (AvgIpc) is 2.60. The van der Waals surface area contributed by atoms with Gasteiger partial charge in [0.05, 0.1) is 11.4 Å². The molecule has 92 valence electrons. The molecule has 1 aliphatic heterocycles. The van der Waals surface area contributed by atoms with E-state index in [1.807, 2.05) is 30.3 Å². The van der Waals surface area contributed by atoms with Crippen LogP contribution in [0.2, 0.25) is 0 Å². The highest BCUT2D eigenvalue weighted by Gasteiger charge is 2.26. The summed E-state index contributed by atoms with van der Waals surface area (Å²) < 4.78 is 0. The van der Waals surface area contributed by atoms with E-state index in [-0.39, 0.29) is 11.4 Å². The van der Waals surface area contributed by atoms with Crippen LogP contribution in [0.3, 0.4) is 0 Å². The highest BCUT2D eigenvalue weighted by atomic mass is 32.2. The first-order valence-electron chi connectivity index (χ1n) is 6.07. The third-order valence-electron chi connectivity index (χ3n) is 3.12. The fraction of sp³-hybridized carbons (Fsp3) is 0.200. The Hall–Kier alpha value is -1.45. The van der Waals surface area contributed by atoms with Crippen molar-refractivity contribution in [2.24, 2.45) is 0 Å². The number of β-amino-alcohol motifs (C(OH)–C–C–N with tert-alkyl or cyclic N) is 1. The third kappa shape index (κ3) is 2.24. The standard InChI is InChI=1S/C15H15NOS/c17-13-10-16-12-8-4-5-9-14(12)18-15(13)11-6-2-1-3-7-11/h1-9,13,15-17H,10H2. The maximum absolute atomic E-state index is 10.3. The van der Waals surface area contributed by atoms with Crippen molar-refractivity contribution in [3.05, 3.63) is 60.2 Å². The summed E-state index contributed by atoms with van der Waals surface area (Å²) in [6.07, 6.45) is -0.384. The number of aliphatic hydroxyl groups is 1. The number of fused-ring (bicyclic) bond motifs is 1. The smallest absolute Gasteiger partial charge is 0.0875 e. The molecule has 2 N–H and O–H groups in total. The minimum absolute atomic E-state index is 0.0855. The van der Waals surface area contributed by atoms with Gasteiger partial charge in [-0.25, -0.2) is 0 Å². The van der Waals surface area contributed by atoms with Crippen LogP contribution < -0.4 is 5.32 Å². The molecule has 3 heteroatoms. The molecule has 0 radical (unpaired) electrons. The first-order valence-corrected chi connectivity index (χ1v) is 6.95. The van der Waals surface area contributed by atoms with Gasteiger partial charge < -0.3 is 10.4 Å². The zero-order valence-electron chi connectivity index (χ0n) is 9.91. The lowest BCUT2D eigenvalue weighted by molar-refractivity contribution is 0.185. The van der Waals surface area contributed by atoms with Crippen LogP contribution in [0.5, 0.6) is 0 Å². The fourth-order valence-electron chi connectivity index (χ4n) is 2.19. The molecule has 0 saturated heterocycles. The zero-order chi connectivity index (χ0) is 12.4. The van der Waals surface area contributed by atoms with E-state index in [4.69, 9.17) is 0 Å². The van der Waals surface area contributed by atoms with Crippen molar-refractivity contribution >= 4 is 17.4 Å². The highest BCUT2D eigenvalue weighted by molar-refractivity contribution is 7.99. The van der Waals surface area contributed by atoms with E-state index in [0.717, 1.165) is 5.69 Å². The quantitative estimate of drug-likeness (QED) is 0.822. The van der Waals surface area contributed by atoms with E-state index in [0.29, 0.717) is 6.54 Å². The second-order valence-corrected chi connectivity index (χ2v) is 5.58. The summed E-state index contributed by atoms with van der Waals surface area (Å²) in [6, 6.07) is 18.4. The molecule has 0 amide bonds. The Bertz CT molecular complexity index is 529. The fourth-order valence-corrected chi connectivity index (χ4v) is 3.43. The number of anilines is 1. The Morgan fingerprint density at radius 2 is 1.72 bits per heavy atom.